The Bertz CT molecular complexity index is 551. The summed E-state index contributed by atoms with van der Waals surface area (Å²) < 4.78 is 10.5. The quantitative estimate of drug-likeness (QED) is 0.794. The van der Waals surface area contributed by atoms with Crippen LogP contribution in [0.4, 0.5) is 0 Å². The van der Waals surface area contributed by atoms with E-state index in [0.717, 1.165) is 11.3 Å². The molecule has 1 aromatic rings. The number of hydrogen-bond acceptors (Lipinski definition) is 4. The van der Waals surface area contributed by atoms with E-state index in [0.29, 0.717) is 6.42 Å². The lowest BCUT2D eigenvalue weighted by Crippen LogP contribution is -2.29. The largest absolute Gasteiger partial charge is 0.497 e. The average Bonchev–Trinajstić information content (AvgIpc) is 3.13. The van der Waals surface area contributed by atoms with Crippen molar-refractivity contribution < 1.29 is 14.3 Å². The molecule has 0 aromatic heterocycles. The maximum absolute atomic E-state index is 12.2. The van der Waals surface area contributed by atoms with Gasteiger partial charge in [-0.25, -0.2) is 0 Å². The number of nitriles is 1. The first-order chi connectivity index (χ1) is 9.32. The van der Waals surface area contributed by atoms with E-state index < -0.39 is 17.0 Å². The maximum Gasteiger partial charge on any atom is 0.327 e. The normalized spacial score (nSPS) is 24.6. The van der Waals surface area contributed by atoms with Crippen LogP contribution in [0.3, 0.4) is 0 Å². The van der Waals surface area contributed by atoms with Crippen molar-refractivity contribution >= 4 is 5.97 Å². The molecule has 0 unspecified atom stereocenters. The summed E-state index contributed by atoms with van der Waals surface area (Å²) in [6.45, 7) is 5.42. The fourth-order valence-electron chi connectivity index (χ4n) is 2.27. The van der Waals surface area contributed by atoms with E-state index in [4.69, 9.17) is 9.47 Å². The van der Waals surface area contributed by atoms with Gasteiger partial charge in [-0.1, -0.05) is 12.1 Å². The molecule has 4 heteroatoms. The van der Waals surface area contributed by atoms with Gasteiger partial charge in [-0.2, -0.15) is 5.26 Å². The molecule has 20 heavy (non-hydrogen) atoms. The lowest BCUT2D eigenvalue weighted by Gasteiger charge is -2.21. The minimum absolute atomic E-state index is 0.0896. The molecule has 0 heterocycles. The second-order valence-corrected chi connectivity index (χ2v) is 6.11. The molecule has 0 N–H and O–H groups in total. The zero-order valence-corrected chi connectivity index (χ0v) is 12.3. The van der Waals surface area contributed by atoms with E-state index >= 15 is 0 Å². The van der Waals surface area contributed by atoms with Crippen molar-refractivity contribution in [2.75, 3.05) is 7.11 Å². The molecule has 0 bridgehead atoms. The second kappa shape index (κ2) is 4.82. The first-order valence-electron chi connectivity index (χ1n) is 6.61. The molecule has 106 valence electrons. The molecule has 2 atom stereocenters. The number of carbonyl (C=O) groups excluding carboxylic acids is 1. The summed E-state index contributed by atoms with van der Waals surface area (Å²) in [6, 6.07) is 9.61. The minimum Gasteiger partial charge on any atom is -0.497 e. The molecule has 1 aliphatic carbocycles. The average molecular weight is 273 g/mol. The Morgan fingerprint density at radius 2 is 1.95 bits per heavy atom. The zero-order chi connectivity index (χ0) is 15.0. The van der Waals surface area contributed by atoms with Crippen LogP contribution in [0.1, 0.15) is 38.7 Å². The van der Waals surface area contributed by atoms with Crippen molar-refractivity contribution in [2.24, 2.45) is 5.41 Å². The van der Waals surface area contributed by atoms with Gasteiger partial charge in [0.05, 0.1) is 13.2 Å². The summed E-state index contributed by atoms with van der Waals surface area (Å²) in [6.07, 6.45) is 0.519. The third-order valence-electron chi connectivity index (χ3n) is 3.44. The molecule has 2 rings (SSSR count). The van der Waals surface area contributed by atoms with Gasteiger partial charge in [-0.05, 0) is 44.9 Å². The first kappa shape index (κ1) is 14.4. The highest BCUT2D eigenvalue weighted by atomic mass is 16.6. The smallest absolute Gasteiger partial charge is 0.327 e. The Kier molecular flexibility index (Phi) is 3.47. The van der Waals surface area contributed by atoms with Crippen molar-refractivity contribution in [3.63, 3.8) is 0 Å². The van der Waals surface area contributed by atoms with Gasteiger partial charge in [-0.3, -0.25) is 4.79 Å². The molecule has 0 spiro atoms. The number of ether oxygens (including phenoxy) is 2. The highest BCUT2D eigenvalue weighted by molar-refractivity contribution is 5.86. The molecule has 1 saturated carbocycles. The highest BCUT2D eigenvalue weighted by Gasteiger charge is 2.63. The molecule has 4 nitrogen and oxygen atoms in total. The van der Waals surface area contributed by atoms with Crippen LogP contribution in [0.15, 0.2) is 24.3 Å². The van der Waals surface area contributed by atoms with Crippen LogP contribution in [0.25, 0.3) is 0 Å². The molecule has 0 amide bonds. The van der Waals surface area contributed by atoms with Crippen LogP contribution < -0.4 is 4.74 Å². The molecular formula is C16H19NO3. The molecule has 0 radical (unpaired) electrons. The van der Waals surface area contributed by atoms with Crippen molar-refractivity contribution in [1.29, 1.82) is 5.26 Å². The molecule has 1 aromatic carbocycles. The Morgan fingerprint density at radius 1 is 1.35 bits per heavy atom. The highest BCUT2D eigenvalue weighted by Crippen LogP contribution is 2.60. The van der Waals surface area contributed by atoms with Gasteiger partial charge in [-0.15, -0.1) is 0 Å². The van der Waals surface area contributed by atoms with Crippen molar-refractivity contribution in [3.8, 4) is 11.8 Å². The zero-order valence-electron chi connectivity index (χ0n) is 12.3. The summed E-state index contributed by atoms with van der Waals surface area (Å²) in [5.74, 6) is 0.246. The van der Waals surface area contributed by atoms with Gasteiger partial charge in [0.25, 0.3) is 0 Å². The molecule has 0 saturated heterocycles. The third-order valence-corrected chi connectivity index (χ3v) is 3.44. The second-order valence-electron chi connectivity index (χ2n) is 6.11. The van der Waals surface area contributed by atoms with Gasteiger partial charge in [0.15, 0.2) is 5.41 Å². The summed E-state index contributed by atoms with van der Waals surface area (Å²) in [5, 5.41) is 9.38. The van der Waals surface area contributed by atoms with Crippen molar-refractivity contribution in [1.82, 2.24) is 0 Å². The summed E-state index contributed by atoms with van der Waals surface area (Å²) in [4.78, 5) is 12.2. The van der Waals surface area contributed by atoms with E-state index in [1.807, 2.05) is 24.3 Å². The van der Waals surface area contributed by atoms with Gasteiger partial charge in [0, 0.05) is 5.92 Å². The van der Waals surface area contributed by atoms with Crippen LogP contribution in [-0.4, -0.2) is 18.7 Å². The Labute approximate surface area is 119 Å². The Morgan fingerprint density at radius 3 is 2.40 bits per heavy atom. The fraction of sp³-hybridized carbons (Fsp3) is 0.500. The molecular weight excluding hydrogens is 254 g/mol. The van der Waals surface area contributed by atoms with Crippen LogP contribution in [0.2, 0.25) is 0 Å². The van der Waals surface area contributed by atoms with Crippen molar-refractivity contribution in [3.05, 3.63) is 29.8 Å². The summed E-state index contributed by atoms with van der Waals surface area (Å²) in [5.41, 5.74) is -0.631. The summed E-state index contributed by atoms with van der Waals surface area (Å²) >= 11 is 0. The Balaban J connectivity index is 2.16. The van der Waals surface area contributed by atoms with Gasteiger partial charge < -0.3 is 9.47 Å². The molecule has 1 aliphatic rings. The standard InChI is InChI=1S/C16H19NO3/c1-15(2,3)20-14(18)16(10-17)9-13(16)11-5-7-12(19-4)8-6-11/h5-8,13H,9H2,1-4H3/t13-,16+/m1/s1. The topological polar surface area (TPSA) is 59.3 Å². The van der Waals surface area contributed by atoms with E-state index in [-0.39, 0.29) is 5.92 Å². The van der Waals surface area contributed by atoms with Crippen LogP contribution in [0, 0.1) is 16.7 Å². The Hall–Kier alpha value is -2.02. The third kappa shape index (κ3) is 2.62. The molecule has 0 aliphatic heterocycles. The number of esters is 1. The predicted molar refractivity (Wildman–Crippen MR) is 74.2 cm³/mol. The van der Waals surface area contributed by atoms with Crippen molar-refractivity contribution in [2.45, 2.75) is 38.7 Å². The van der Waals surface area contributed by atoms with Crippen LogP contribution in [-0.2, 0) is 9.53 Å². The van der Waals surface area contributed by atoms with E-state index in [1.165, 1.54) is 0 Å². The lowest BCUT2D eigenvalue weighted by molar-refractivity contribution is -0.159. The number of rotatable bonds is 3. The van der Waals surface area contributed by atoms with E-state index in [2.05, 4.69) is 6.07 Å². The SMILES string of the molecule is COc1ccc([C@H]2C[C@@]2(C#N)C(=O)OC(C)(C)C)cc1. The number of methoxy groups -OCH3 is 1. The van der Waals surface area contributed by atoms with Crippen LogP contribution in [0.5, 0.6) is 5.75 Å². The van der Waals surface area contributed by atoms with E-state index in [9.17, 15) is 10.1 Å². The number of nitrogens with zero attached hydrogens (tertiary/aromatic N) is 1. The maximum atomic E-state index is 12.2. The predicted octanol–water partition coefficient (Wildman–Crippen LogP) is 3.03. The van der Waals surface area contributed by atoms with Crippen LogP contribution >= 0.6 is 0 Å². The first-order valence-corrected chi connectivity index (χ1v) is 6.61. The summed E-state index contributed by atoms with van der Waals surface area (Å²) in [7, 11) is 1.60. The lowest BCUT2D eigenvalue weighted by atomic mass is 10.00. The van der Waals surface area contributed by atoms with Gasteiger partial charge in [0.2, 0.25) is 0 Å². The molecule has 1 fully saturated rings. The van der Waals surface area contributed by atoms with E-state index in [1.54, 1.807) is 27.9 Å². The fourth-order valence-corrected chi connectivity index (χ4v) is 2.27. The number of benzene rings is 1. The number of hydrogen-bond donors (Lipinski definition) is 0. The number of carbonyl (C=O) groups is 1. The monoisotopic (exact) mass is 273 g/mol. The van der Waals surface area contributed by atoms with Gasteiger partial charge >= 0.3 is 5.97 Å². The van der Waals surface area contributed by atoms with Gasteiger partial charge in [0.1, 0.15) is 11.4 Å². The minimum atomic E-state index is -1.03.